The molecule has 0 aromatic carbocycles. The fraction of sp³-hybridized carbons (Fsp3) is 0.462. The maximum absolute atomic E-state index is 11.7. The Kier molecular flexibility index (Phi) is 2.49. The van der Waals surface area contributed by atoms with Crippen molar-refractivity contribution in [3.05, 3.63) is 17.8 Å². The number of primary amides is 1. The van der Waals surface area contributed by atoms with Gasteiger partial charge in [0.05, 0.1) is 21.6 Å². The summed E-state index contributed by atoms with van der Waals surface area (Å²) in [5.74, 6) is 0.624. The number of nitrogens with one attached hydrogen (secondary N) is 1. The predicted molar refractivity (Wildman–Crippen MR) is 77.6 cm³/mol. The van der Waals surface area contributed by atoms with Crippen molar-refractivity contribution in [3.8, 4) is 0 Å². The maximum Gasteiger partial charge on any atom is 0.223 e. The molecule has 0 saturated carbocycles. The third-order valence-electron chi connectivity index (χ3n) is 4.47. The summed E-state index contributed by atoms with van der Waals surface area (Å²) in [6, 6.07) is 1.91. The number of aromatic nitrogens is 2. The summed E-state index contributed by atoms with van der Waals surface area (Å²) in [4.78, 5) is 22.8. The molecule has 2 fully saturated rings. The first-order valence-electron chi connectivity index (χ1n) is 6.63. The number of nitrogens with two attached hydrogens (primary N) is 1. The Morgan fingerprint density at radius 1 is 1.50 bits per heavy atom. The topological polar surface area (TPSA) is 84.1 Å². The summed E-state index contributed by atoms with van der Waals surface area (Å²) in [5.41, 5.74) is 8.37. The van der Waals surface area contributed by atoms with Gasteiger partial charge in [-0.15, -0.1) is 11.3 Å². The highest BCUT2D eigenvalue weighted by Crippen LogP contribution is 2.42. The van der Waals surface area contributed by atoms with Gasteiger partial charge in [0.15, 0.2) is 0 Å². The van der Waals surface area contributed by atoms with Crippen LogP contribution in [0.3, 0.4) is 0 Å². The molecule has 4 rings (SSSR count). The summed E-state index contributed by atoms with van der Waals surface area (Å²) in [6.45, 7) is 3.20. The SMILES string of the molecule is NC(=O)C1CN(c2nccc3ncsc23)CC12CNC2. The number of hydrogen-bond acceptors (Lipinski definition) is 6. The van der Waals surface area contributed by atoms with Gasteiger partial charge < -0.3 is 16.0 Å². The molecule has 104 valence electrons. The maximum atomic E-state index is 11.7. The number of carbonyl (C=O) groups excluding carboxylic acids is 1. The molecule has 0 aliphatic carbocycles. The molecule has 2 aromatic rings. The predicted octanol–water partition coefficient (Wildman–Crippen LogP) is 0.202. The smallest absolute Gasteiger partial charge is 0.223 e. The molecule has 3 N–H and O–H groups in total. The second-order valence-electron chi connectivity index (χ2n) is 5.64. The van der Waals surface area contributed by atoms with Crippen LogP contribution in [-0.4, -0.2) is 42.1 Å². The summed E-state index contributed by atoms with van der Waals surface area (Å²) < 4.78 is 1.08. The Morgan fingerprint density at radius 3 is 3.00 bits per heavy atom. The van der Waals surface area contributed by atoms with Crippen molar-refractivity contribution >= 4 is 33.3 Å². The van der Waals surface area contributed by atoms with Crippen molar-refractivity contribution in [1.82, 2.24) is 15.3 Å². The molecular weight excluding hydrogens is 274 g/mol. The van der Waals surface area contributed by atoms with Gasteiger partial charge in [0.1, 0.15) is 5.82 Å². The lowest BCUT2D eigenvalue weighted by atomic mass is 9.73. The Balaban J connectivity index is 1.73. The second-order valence-corrected chi connectivity index (χ2v) is 6.49. The van der Waals surface area contributed by atoms with Gasteiger partial charge in [0.2, 0.25) is 5.91 Å². The number of amides is 1. The van der Waals surface area contributed by atoms with Crippen LogP contribution in [0.4, 0.5) is 5.82 Å². The Bertz CT molecular complexity index is 680. The normalized spacial score (nSPS) is 24.2. The van der Waals surface area contributed by atoms with Crippen LogP contribution in [0.5, 0.6) is 0 Å². The third-order valence-corrected chi connectivity index (χ3v) is 5.31. The molecule has 7 heteroatoms. The number of rotatable bonds is 2. The van der Waals surface area contributed by atoms with Crippen molar-refractivity contribution in [2.45, 2.75) is 0 Å². The molecule has 2 aliphatic rings. The second kappa shape index (κ2) is 4.13. The van der Waals surface area contributed by atoms with Gasteiger partial charge in [-0.3, -0.25) is 4.79 Å². The molecule has 1 amide bonds. The van der Waals surface area contributed by atoms with Crippen LogP contribution in [0.15, 0.2) is 17.8 Å². The fourth-order valence-electron chi connectivity index (χ4n) is 3.33. The van der Waals surface area contributed by atoms with Crippen molar-refractivity contribution in [3.63, 3.8) is 0 Å². The van der Waals surface area contributed by atoms with Gasteiger partial charge in [-0.25, -0.2) is 9.97 Å². The number of hydrogen-bond donors (Lipinski definition) is 2. The number of fused-ring (bicyclic) bond motifs is 1. The molecule has 2 saturated heterocycles. The zero-order chi connectivity index (χ0) is 13.7. The highest BCUT2D eigenvalue weighted by Gasteiger charge is 2.53. The van der Waals surface area contributed by atoms with E-state index < -0.39 is 0 Å². The molecule has 4 heterocycles. The lowest BCUT2D eigenvalue weighted by Gasteiger charge is -2.42. The zero-order valence-corrected chi connectivity index (χ0v) is 11.7. The quantitative estimate of drug-likeness (QED) is 0.825. The molecule has 1 spiro atoms. The van der Waals surface area contributed by atoms with Crippen LogP contribution < -0.4 is 16.0 Å². The van der Waals surface area contributed by atoms with E-state index in [-0.39, 0.29) is 17.2 Å². The average Bonchev–Trinajstić information content (AvgIpc) is 3.01. The number of pyridine rings is 1. The van der Waals surface area contributed by atoms with E-state index in [2.05, 4.69) is 20.2 Å². The molecule has 2 aliphatic heterocycles. The molecule has 0 radical (unpaired) electrons. The van der Waals surface area contributed by atoms with Crippen molar-refractivity contribution in [1.29, 1.82) is 0 Å². The van der Waals surface area contributed by atoms with Crippen LogP contribution in [0, 0.1) is 11.3 Å². The molecular formula is C13H15N5OS. The Labute approximate surface area is 120 Å². The van der Waals surface area contributed by atoms with E-state index in [1.807, 2.05) is 11.6 Å². The van der Waals surface area contributed by atoms with Crippen LogP contribution in [0.2, 0.25) is 0 Å². The van der Waals surface area contributed by atoms with Gasteiger partial charge in [0, 0.05) is 37.8 Å². The van der Waals surface area contributed by atoms with E-state index in [1.165, 1.54) is 0 Å². The summed E-state index contributed by atoms with van der Waals surface area (Å²) in [6.07, 6.45) is 1.78. The number of thiazole rings is 1. The number of carbonyl (C=O) groups is 1. The highest BCUT2D eigenvalue weighted by molar-refractivity contribution is 7.17. The largest absolute Gasteiger partial charge is 0.369 e. The summed E-state index contributed by atoms with van der Waals surface area (Å²) in [7, 11) is 0. The Morgan fingerprint density at radius 2 is 2.35 bits per heavy atom. The minimum atomic E-state index is -0.203. The van der Waals surface area contributed by atoms with Gasteiger partial charge in [-0.05, 0) is 6.07 Å². The first kappa shape index (κ1) is 12.0. The average molecular weight is 289 g/mol. The van der Waals surface area contributed by atoms with E-state index in [4.69, 9.17) is 5.73 Å². The molecule has 1 atom stereocenters. The fourth-order valence-corrected chi connectivity index (χ4v) is 4.13. The summed E-state index contributed by atoms with van der Waals surface area (Å²) in [5, 5.41) is 3.27. The monoisotopic (exact) mass is 289 g/mol. The number of anilines is 1. The van der Waals surface area contributed by atoms with Gasteiger partial charge in [0.25, 0.3) is 0 Å². The van der Waals surface area contributed by atoms with Crippen LogP contribution in [0.1, 0.15) is 0 Å². The first-order chi connectivity index (χ1) is 9.70. The van der Waals surface area contributed by atoms with Crippen LogP contribution >= 0.6 is 11.3 Å². The van der Waals surface area contributed by atoms with E-state index >= 15 is 0 Å². The van der Waals surface area contributed by atoms with Gasteiger partial charge in [-0.1, -0.05) is 0 Å². The Hall–Kier alpha value is -1.73. The molecule has 0 bridgehead atoms. The lowest BCUT2D eigenvalue weighted by Crippen LogP contribution is -2.60. The van der Waals surface area contributed by atoms with Crippen LogP contribution in [-0.2, 0) is 4.79 Å². The minimum absolute atomic E-state index is 0.0135. The first-order valence-corrected chi connectivity index (χ1v) is 7.51. The van der Waals surface area contributed by atoms with Crippen LogP contribution in [0.25, 0.3) is 10.2 Å². The molecule has 6 nitrogen and oxygen atoms in total. The van der Waals surface area contributed by atoms with E-state index in [9.17, 15) is 4.79 Å². The van der Waals surface area contributed by atoms with Gasteiger partial charge >= 0.3 is 0 Å². The lowest BCUT2D eigenvalue weighted by molar-refractivity contribution is -0.125. The summed E-state index contributed by atoms with van der Waals surface area (Å²) >= 11 is 1.59. The number of nitrogens with zero attached hydrogens (tertiary/aromatic N) is 3. The van der Waals surface area contributed by atoms with E-state index in [0.29, 0.717) is 6.54 Å². The van der Waals surface area contributed by atoms with Crippen molar-refractivity contribution in [2.75, 3.05) is 31.1 Å². The van der Waals surface area contributed by atoms with Crippen molar-refractivity contribution < 1.29 is 4.79 Å². The standard InChI is InChI=1S/C13H15N5OS/c14-11(19)8-3-18(6-13(8)4-15-5-13)12-10-9(1-2-16-12)17-7-20-10/h1-2,7-8,15H,3-6H2,(H2,14,19). The van der Waals surface area contributed by atoms with E-state index in [0.717, 1.165) is 35.7 Å². The molecule has 20 heavy (non-hydrogen) atoms. The van der Waals surface area contributed by atoms with E-state index in [1.54, 1.807) is 17.5 Å². The zero-order valence-electron chi connectivity index (χ0n) is 10.9. The molecule has 1 unspecified atom stereocenters. The van der Waals surface area contributed by atoms with Crippen molar-refractivity contribution in [2.24, 2.45) is 17.1 Å². The van der Waals surface area contributed by atoms with Gasteiger partial charge in [-0.2, -0.15) is 0 Å². The minimum Gasteiger partial charge on any atom is -0.369 e. The third kappa shape index (κ3) is 1.56. The highest BCUT2D eigenvalue weighted by atomic mass is 32.1. The molecule has 2 aromatic heterocycles.